The van der Waals surface area contributed by atoms with E-state index in [-0.39, 0.29) is 22.8 Å². The molecule has 0 spiro atoms. The van der Waals surface area contributed by atoms with Crippen LogP contribution in [0.1, 0.15) is 73.3 Å². The van der Waals surface area contributed by atoms with Crippen LogP contribution >= 0.6 is 0 Å². The average molecular weight is 372 g/mol. The van der Waals surface area contributed by atoms with Gasteiger partial charge in [0.15, 0.2) is 0 Å². The zero-order valence-electron chi connectivity index (χ0n) is 18.2. The van der Waals surface area contributed by atoms with Crippen LogP contribution in [0.4, 0.5) is 0 Å². The molecule has 0 amide bonds. The molecule has 0 heterocycles. The van der Waals surface area contributed by atoms with Gasteiger partial charge >= 0.3 is 5.97 Å². The SMILES string of the molecule is CC(C)(C)OC(=O)[C@H](Cc1ccccc1)N[C@@H]1C[C@@]2(C)CC[C@]1(C)C2(C)C. The standard InChI is InChI=1S/C24H37NO2/c1-21(2,3)27-20(26)18(15-17-11-9-8-10-12-17)25-19-16-23(6)13-14-24(19,7)22(23,4)5/h8-12,18-19,25H,13-16H2,1-7H3/t18-,19+,23+,24-/m0/s1. The molecule has 2 saturated carbocycles. The maximum atomic E-state index is 13.0. The molecular weight excluding hydrogens is 334 g/mol. The van der Waals surface area contributed by atoms with E-state index < -0.39 is 5.60 Å². The summed E-state index contributed by atoms with van der Waals surface area (Å²) in [5.74, 6) is -0.138. The van der Waals surface area contributed by atoms with Gasteiger partial charge in [0.1, 0.15) is 11.6 Å². The van der Waals surface area contributed by atoms with Crippen LogP contribution in [-0.2, 0) is 16.0 Å². The van der Waals surface area contributed by atoms with E-state index in [0.29, 0.717) is 17.9 Å². The van der Waals surface area contributed by atoms with E-state index in [9.17, 15) is 4.79 Å². The van der Waals surface area contributed by atoms with Gasteiger partial charge < -0.3 is 10.1 Å². The van der Waals surface area contributed by atoms with Gasteiger partial charge in [-0.05, 0) is 68.3 Å². The fourth-order valence-electron chi connectivity index (χ4n) is 5.41. The Hall–Kier alpha value is -1.35. The highest BCUT2D eigenvalue weighted by Crippen LogP contribution is 2.71. The number of benzene rings is 1. The van der Waals surface area contributed by atoms with Crippen molar-refractivity contribution in [3.63, 3.8) is 0 Å². The number of ether oxygens (including phenoxy) is 1. The van der Waals surface area contributed by atoms with Crippen LogP contribution in [0.15, 0.2) is 30.3 Å². The number of rotatable bonds is 5. The fraction of sp³-hybridized carbons (Fsp3) is 0.708. The molecule has 1 aromatic rings. The molecule has 0 radical (unpaired) electrons. The van der Waals surface area contributed by atoms with Crippen molar-refractivity contribution >= 4 is 5.97 Å². The maximum absolute atomic E-state index is 13.0. The summed E-state index contributed by atoms with van der Waals surface area (Å²) < 4.78 is 5.77. The van der Waals surface area contributed by atoms with Crippen molar-refractivity contribution in [2.75, 3.05) is 0 Å². The number of hydrogen-bond donors (Lipinski definition) is 1. The van der Waals surface area contributed by atoms with Crippen LogP contribution in [0, 0.1) is 16.2 Å². The minimum atomic E-state index is -0.475. The Labute approximate surface area is 165 Å². The van der Waals surface area contributed by atoms with E-state index in [2.05, 4.69) is 45.1 Å². The molecule has 2 bridgehead atoms. The predicted molar refractivity (Wildman–Crippen MR) is 111 cm³/mol. The van der Waals surface area contributed by atoms with Crippen LogP contribution in [-0.4, -0.2) is 23.7 Å². The molecule has 1 N–H and O–H groups in total. The van der Waals surface area contributed by atoms with Crippen LogP contribution in [0.2, 0.25) is 0 Å². The maximum Gasteiger partial charge on any atom is 0.324 e. The summed E-state index contributed by atoms with van der Waals surface area (Å²) in [6.45, 7) is 15.5. The van der Waals surface area contributed by atoms with Gasteiger partial charge in [-0.15, -0.1) is 0 Å². The van der Waals surface area contributed by atoms with Crippen LogP contribution < -0.4 is 5.32 Å². The van der Waals surface area contributed by atoms with Crippen LogP contribution in [0.25, 0.3) is 0 Å². The summed E-state index contributed by atoms with van der Waals surface area (Å²) >= 11 is 0. The van der Waals surface area contributed by atoms with Gasteiger partial charge in [-0.3, -0.25) is 4.79 Å². The molecule has 3 rings (SSSR count). The molecule has 0 saturated heterocycles. The molecule has 0 aliphatic heterocycles. The minimum absolute atomic E-state index is 0.138. The normalized spacial score (nSPS) is 33.1. The van der Waals surface area contributed by atoms with Crippen molar-refractivity contribution in [3.05, 3.63) is 35.9 Å². The fourth-order valence-corrected chi connectivity index (χ4v) is 5.41. The molecular formula is C24H37NO2. The molecule has 2 aliphatic rings. The lowest BCUT2D eigenvalue weighted by molar-refractivity contribution is -0.158. The highest BCUT2D eigenvalue weighted by molar-refractivity contribution is 5.76. The van der Waals surface area contributed by atoms with E-state index in [1.165, 1.54) is 18.4 Å². The summed E-state index contributed by atoms with van der Waals surface area (Å²) in [5, 5.41) is 3.77. The second-order valence-corrected chi connectivity index (χ2v) is 10.8. The van der Waals surface area contributed by atoms with E-state index in [4.69, 9.17) is 4.74 Å². The van der Waals surface area contributed by atoms with Gasteiger partial charge in [-0.1, -0.05) is 58.0 Å². The molecule has 3 heteroatoms. The molecule has 2 aliphatic carbocycles. The molecule has 0 aromatic heterocycles. The van der Waals surface area contributed by atoms with Crippen molar-refractivity contribution in [2.45, 2.75) is 91.8 Å². The molecule has 4 atom stereocenters. The Morgan fingerprint density at radius 1 is 1.15 bits per heavy atom. The first-order valence-electron chi connectivity index (χ1n) is 10.4. The Morgan fingerprint density at radius 2 is 1.78 bits per heavy atom. The average Bonchev–Trinajstić information content (AvgIpc) is 2.82. The number of fused-ring (bicyclic) bond motifs is 2. The third kappa shape index (κ3) is 3.55. The highest BCUT2D eigenvalue weighted by Gasteiger charge is 2.67. The minimum Gasteiger partial charge on any atom is -0.459 e. The van der Waals surface area contributed by atoms with Gasteiger partial charge in [0, 0.05) is 6.04 Å². The van der Waals surface area contributed by atoms with Crippen LogP contribution in [0.3, 0.4) is 0 Å². The molecule has 0 unspecified atom stereocenters. The Bertz CT molecular complexity index is 690. The highest BCUT2D eigenvalue weighted by atomic mass is 16.6. The number of hydrogen-bond acceptors (Lipinski definition) is 3. The quantitative estimate of drug-likeness (QED) is 0.729. The Balaban J connectivity index is 1.83. The monoisotopic (exact) mass is 371 g/mol. The third-order valence-corrected chi connectivity index (χ3v) is 7.93. The number of esters is 1. The van der Waals surface area contributed by atoms with E-state index in [1.54, 1.807) is 0 Å². The van der Waals surface area contributed by atoms with Crippen LogP contribution in [0.5, 0.6) is 0 Å². The van der Waals surface area contributed by atoms with Crippen molar-refractivity contribution in [1.29, 1.82) is 0 Å². The second kappa shape index (κ2) is 6.62. The largest absolute Gasteiger partial charge is 0.459 e. The van der Waals surface area contributed by atoms with Crippen molar-refractivity contribution in [2.24, 2.45) is 16.2 Å². The van der Waals surface area contributed by atoms with E-state index in [0.717, 1.165) is 6.42 Å². The first kappa shape index (κ1) is 20.4. The van der Waals surface area contributed by atoms with Gasteiger partial charge in [-0.2, -0.15) is 0 Å². The van der Waals surface area contributed by atoms with Gasteiger partial charge in [0.25, 0.3) is 0 Å². The summed E-state index contributed by atoms with van der Waals surface area (Å²) in [7, 11) is 0. The zero-order chi connectivity index (χ0) is 20.1. The number of nitrogens with one attached hydrogen (secondary N) is 1. The van der Waals surface area contributed by atoms with Crippen molar-refractivity contribution < 1.29 is 9.53 Å². The Kier molecular flexibility index (Phi) is 5.00. The van der Waals surface area contributed by atoms with E-state index >= 15 is 0 Å². The van der Waals surface area contributed by atoms with Gasteiger partial charge in [-0.25, -0.2) is 0 Å². The number of carbonyl (C=O) groups is 1. The third-order valence-electron chi connectivity index (χ3n) is 7.93. The summed E-state index contributed by atoms with van der Waals surface area (Å²) in [6.07, 6.45) is 4.30. The molecule has 1 aromatic carbocycles. The molecule has 3 nitrogen and oxygen atoms in total. The number of carbonyl (C=O) groups excluding carboxylic acids is 1. The predicted octanol–water partition coefficient (Wildman–Crippen LogP) is 5.13. The summed E-state index contributed by atoms with van der Waals surface area (Å²) in [5.41, 5.74) is 1.50. The topological polar surface area (TPSA) is 38.3 Å². The van der Waals surface area contributed by atoms with Gasteiger partial charge in [0.2, 0.25) is 0 Å². The zero-order valence-corrected chi connectivity index (χ0v) is 18.2. The summed E-state index contributed by atoms with van der Waals surface area (Å²) in [6, 6.07) is 10.3. The Morgan fingerprint density at radius 3 is 2.26 bits per heavy atom. The van der Waals surface area contributed by atoms with Crippen molar-refractivity contribution in [1.82, 2.24) is 5.32 Å². The molecule has 150 valence electrons. The van der Waals surface area contributed by atoms with Crippen molar-refractivity contribution in [3.8, 4) is 0 Å². The lowest BCUT2D eigenvalue weighted by Gasteiger charge is -2.41. The second-order valence-electron chi connectivity index (χ2n) is 10.8. The lowest BCUT2D eigenvalue weighted by Crippen LogP contribution is -2.53. The van der Waals surface area contributed by atoms with Gasteiger partial charge in [0.05, 0.1) is 0 Å². The first-order chi connectivity index (χ1) is 12.4. The molecule has 2 fully saturated rings. The smallest absolute Gasteiger partial charge is 0.324 e. The van der Waals surface area contributed by atoms with E-state index in [1.807, 2.05) is 39.0 Å². The summed E-state index contributed by atoms with van der Waals surface area (Å²) in [4.78, 5) is 13.0. The molecule has 27 heavy (non-hydrogen) atoms. The first-order valence-corrected chi connectivity index (χ1v) is 10.4. The lowest BCUT2D eigenvalue weighted by atomic mass is 9.65.